The van der Waals surface area contributed by atoms with Crippen LogP contribution in [0, 0.1) is 0 Å². The molecule has 2 aliphatic heterocycles. The summed E-state index contributed by atoms with van der Waals surface area (Å²) in [5, 5.41) is 12.1. The fraction of sp³-hybridized carbons (Fsp3) is 0.867. The molecular formula is C15H27N3O3. The van der Waals surface area contributed by atoms with Crippen molar-refractivity contribution >= 4 is 11.9 Å². The number of carbonyl (C=O) groups excluding carboxylic acids is 1. The van der Waals surface area contributed by atoms with Gasteiger partial charge in [-0.1, -0.05) is 0 Å². The minimum Gasteiger partial charge on any atom is -0.480 e. The van der Waals surface area contributed by atoms with Crippen LogP contribution in [-0.4, -0.2) is 71.6 Å². The van der Waals surface area contributed by atoms with Gasteiger partial charge in [0.15, 0.2) is 0 Å². The highest BCUT2D eigenvalue weighted by molar-refractivity contribution is 5.76. The SMILES string of the molecule is CCNC(=O)CCN1CCC(N2CCCC2C(=O)O)CC1. The molecule has 2 N–H and O–H groups in total. The first kappa shape index (κ1) is 16.2. The molecule has 6 heteroatoms. The quantitative estimate of drug-likeness (QED) is 0.748. The van der Waals surface area contributed by atoms with E-state index in [1.165, 1.54) is 0 Å². The van der Waals surface area contributed by atoms with Gasteiger partial charge in [0.2, 0.25) is 5.91 Å². The number of nitrogens with one attached hydrogen (secondary N) is 1. The fourth-order valence-electron chi connectivity index (χ4n) is 3.51. The molecule has 0 aromatic carbocycles. The molecule has 2 rings (SSSR count). The van der Waals surface area contributed by atoms with E-state index in [2.05, 4.69) is 15.1 Å². The number of carboxylic acid groups (broad SMARTS) is 1. The molecule has 0 aliphatic carbocycles. The van der Waals surface area contributed by atoms with Gasteiger partial charge in [0.25, 0.3) is 0 Å². The molecule has 0 spiro atoms. The number of amides is 1. The van der Waals surface area contributed by atoms with Gasteiger partial charge in [-0.2, -0.15) is 0 Å². The van der Waals surface area contributed by atoms with E-state index in [0.29, 0.717) is 19.0 Å². The maximum absolute atomic E-state index is 11.5. The van der Waals surface area contributed by atoms with E-state index in [9.17, 15) is 14.7 Å². The van der Waals surface area contributed by atoms with E-state index in [0.717, 1.165) is 51.9 Å². The average Bonchev–Trinajstić information content (AvgIpc) is 2.95. The van der Waals surface area contributed by atoms with Crippen molar-refractivity contribution in [3.63, 3.8) is 0 Å². The maximum Gasteiger partial charge on any atom is 0.320 e. The van der Waals surface area contributed by atoms with E-state index in [4.69, 9.17) is 0 Å². The first-order valence-electron chi connectivity index (χ1n) is 8.09. The van der Waals surface area contributed by atoms with Crippen LogP contribution in [0.5, 0.6) is 0 Å². The van der Waals surface area contributed by atoms with Crippen molar-refractivity contribution in [2.24, 2.45) is 0 Å². The Morgan fingerprint density at radius 2 is 1.90 bits per heavy atom. The van der Waals surface area contributed by atoms with Gasteiger partial charge >= 0.3 is 5.97 Å². The maximum atomic E-state index is 11.5. The summed E-state index contributed by atoms with van der Waals surface area (Å²) in [6, 6.07) is 0.117. The minimum atomic E-state index is -0.675. The van der Waals surface area contributed by atoms with Crippen molar-refractivity contribution in [3.05, 3.63) is 0 Å². The van der Waals surface area contributed by atoms with E-state index in [1.807, 2.05) is 6.92 Å². The highest BCUT2D eigenvalue weighted by Gasteiger charge is 2.36. The lowest BCUT2D eigenvalue weighted by Crippen LogP contribution is -2.49. The van der Waals surface area contributed by atoms with Crippen LogP contribution in [0.2, 0.25) is 0 Å². The predicted octanol–water partition coefficient (Wildman–Crippen LogP) is 0.526. The topological polar surface area (TPSA) is 72.9 Å². The molecule has 0 radical (unpaired) electrons. The van der Waals surface area contributed by atoms with Gasteiger partial charge in [0.1, 0.15) is 6.04 Å². The summed E-state index contributed by atoms with van der Waals surface area (Å²) in [7, 11) is 0. The number of rotatable bonds is 6. The lowest BCUT2D eigenvalue weighted by molar-refractivity contribution is -0.143. The van der Waals surface area contributed by atoms with Crippen molar-refractivity contribution in [2.75, 3.05) is 32.7 Å². The smallest absolute Gasteiger partial charge is 0.320 e. The van der Waals surface area contributed by atoms with Crippen LogP contribution in [-0.2, 0) is 9.59 Å². The van der Waals surface area contributed by atoms with Crippen molar-refractivity contribution in [2.45, 2.75) is 51.1 Å². The summed E-state index contributed by atoms with van der Waals surface area (Å²) in [6.45, 7) is 6.27. The molecule has 2 fully saturated rings. The van der Waals surface area contributed by atoms with Crippen LogP contribution in [0.15, 0.2) is 0 Å². The molecule has 1 amide bonds. The standard InChI is InChI=1S/C15H27N3O3/c1-2-16-14(19)7-11-17-9-5-12(6-10-17)18-8-3-4-13(18)15(20)21/h12-13H,2-11H2,1H3,(H,16,19)(H,20,21). The van der Waals surface area contributed by atoms with E-state index >= 15 is 0 Å². The first-order chi connectivity index (χ1) is 10.1. The lowest BCUT2D eigenvalue weighted by Gasteiger charge is -2.38. The van der Waals surface area contributed by atoms with Gasteiger partial charge in [0.05, 0.1) is 0 Å². The fourth-order valence-corrected chi connectivity index (χ4v) is 3.51. The summed E-state index contributed by atoms with van der Waals surface area (Å²) >= 11 is 0. The molecule has 6 nitrogen and oxygen atoms in total. The van der Waals surface area contributed by atoms with Gasteiger partial charge < -0.3 is 15.3 Å². The Bertz CT molecular complexity index is 367. The summed E-state index contributed by atoms with van der Waals surface area (Å²) in [5.41, 5.74) is 0. The molecule has 2 aliphatic rings. The van der Waals surface area contributed by atoms with Crippen molar-refractivity contribution in [1.82, 2.24) is 15.1 Å². The molecule has 2 saturated heterocycles. The number of aliphatic carboxylic acids is 1. The van der Waals surface area contributed by atoms with Crippen LogP contribution in [0.4, 0.5) is 0 Å². The summed E-state index contributed by atoms with van der Waals surface area (Å²) in [4.78, 5) is 27.2. The summed E-state index contributed by atoms with van der Waals surface area (Å²) in [5.74, 6) is -0.559. The molecule has 1 atom stereocenters. The number of likely N-dealkylation sites (tertiary alicyclic amines) is 2. The molecule has 0 bridgehead atoms. The molecule has 2 heterocycles. The first-order valence-corrected chi connectivity index (χ1v) is 8.09. The van der Waals surface area contributed by atoms with Crippen LogP contribution in [0.25, 0.3) is 0 Å². The van der Waals surface area contributed by atoms with E-state index < -0.39 is 5.97 Å². The Labute approximate surface area is 126 Å². The monoisotopic (exact) mass is 297 g/mol. The largest absolute Gasteiger partial charge is 0.480 e. The molecule has 0 aromatic heterocycles. The lowest BCUT2D eigenvalue weighted by atomic mass is 10.0. The van der Waals surface area contributed by atoms with Crippen LogP contribution in [0.3, 0.4) is 0 Å². The Kier molecular flexibility index (Phi) is 5.99. The number of carboxylic acids is 1. The van der Waals surface area contributed by atoms with E-state index in [-0.39, 0.29) is 11.9 Å². The highest BCUT2D eigenvalue weighted by atomic mass is 16.4. The average molecular weight is 297 g/mol. The Balaban J connectivity index is 1.73. The van der Waals surface area contributed by atoms with Gasteiger partial charge in [-0.15, -0.1) is 0 Å². The molecule has 0 aromatic rings. The number of carbonyl (C=O) groups is 2. The van der Waals surface area contributed by atoms with Crippen molar-refractivity contribution < 1.29 is 14.7 Å². The number of hydrogen-bond acceptors (Lipinski definition) is 4. The zero-order chi connectivity index (χ0) is 15.2. The predicted molar refractivity (Wildman–Crippen MR) is 80.1 cm³/mol. The van der Waals surface area contributed by atoms with Crippen LogP contribution < -0.4 is 5.32 Å². The Morgan fingerprint density at radius 1 is 1.19 bits per heavy atom. The molecule has 0 saturated carbocycles. The van der Waals surface area contributed by atoms with Gasteiger partial charge in [-0.3, -0.25) is 14.5 Å². The third kappa shape index (κ3) is 4.41. The summed E-state index contributed by atoms with van der Waals surface area (Å²) < 4.78 is 0. The van der Waals surface area contributed by atoms with Crippen LogP contribution in [0.1, 0.15) is 39.0 Å². The number of piperidine rings is 1. The van der Waals surface area contributed by atoms with Crippen molar-refractivity contribution in [3.8, 4) is 0 Å². The van der Waals surface area contributed by atoms with Gasteiger partial charge in [-0.25, -0.2) is 0 Å². The Morgan fingerprint density at radius 3 is 2.52 bits per heavy atom. The number of hydrogen-bond donors (Lipinski definition) is 2. The van der Waals surface area contributed by atoms with Gasteiger partial charge in [-0.05, 0) is 52.2 Å². The second kappa shape index (κ2) is 7.75. The minimum absolute atomic E-state index is 0.116. The zero-order valence-electron chi connectivity index (χ0n) is 12.9. The second-order valence-electron chi connectivity index (χ2n) is 6.01. The van der Waals surface area contributed by atoms with E-state index in [1.54, 1.807) is 0 Å². The number of nitrogens with zero attached hydrogens (tertiary/aromatic N) is 2. The third-order valence-electron chi connectivity index (χ3n) is 4.63. The molecular weight excluding hydrogens is 270 g/mol. The molecule has 1 unspecified atom stereocenters. The summed E-state index contributed by atoms with van der Waals surface area (Å²) in [6.07, 6.45) is 4.36. The Hall–Kier alpha value is -1.14. The third-order valence-corrected chi connectivity index (χ3v) is 4.63. The zero-order valence-corrected chi connectivity index (χ0v) is 12.9. The molecule has 21 heavy (non-hydrogen) atoms. The molecule has 120 valence electrons. The van der Waals surface area contributed by atoms with Crippen LogP contribution >= 0.6 is 0 Å². The van der Waals surface area contributed by atoms with Gasteiger partial charge in [0, 0.05) is 25.6 Å². The normalized spacial score (nSPS) is 25.1. The van der Waals surface area contributed by atoms with Crippen molar-refractivity contribution in [1.29, 1.82) is 0 Å². The highest BCUT2D eigenvalue weighted by Crippen LogP contribution is 2.26. The second-order valence-corrected chi connectivity index (χ2v) is 6.01.